The normalized spacial score (nSPS) is 12.3. The summed E-state index contributed by atoms with van der Waals surface area (Å²) in [7, 11) is -3.77. The summed E-state index contributed by atoms with van der Waals surface area (Å²) in [5.74, 6) is -0.412. The lowest BCUT2D eigenvalue weighted by atomic mass is 9.90. The minimum atomic E-state index is -3.77. The third kappa shape index (κ3) is 4.51. The van der Waals surface area contributed by atoms with Crippen LogP contribution in [0.2, 0.25) is 0 Å². The Bertz CT molecular complexity index is 568. The molecule has 0 radical (unpaired) electrons. The maximum Gasteiger partial charge on any atom is 0.363 e. The summed E-state index contributed by atoms with van der Waals surface area (Å²) < 4.78 is 26.4. The van der Waals surface area contributed by atoms with Crippen molar-refractivity contribution < 1.29 is 18.4 Å². The van der Waals surface area contributed by atoms with E-state index in [1.54, 1.807) is 0 Å². The minimum absolute atomic E-state index is 0.0339. The molecule has 0 amide bonds. The molecule has 20 heavy (non-hydrogen) atoms. The Morgan fingerprint density at radius 1 is 1.45 bits per heavy atom. The predicted octanol–water partition coefficient (Wildman–Crippen LogP) is 0.677. The van der Waals surface area contributed by atoms with Gasteiger partial charge in [-0.15, -0.1) is 0 Å². The van der Waals surface area contributed by atoms with Gasteiger partial charge in [0.15, 0.2) is 6.20 Å². The summed E-state index contributed by atoms with van der Waals surface area (Å²) in [5, 5.41) is 19.3. The molecule has 2 N–H and O–H groups in total. The molecular weight excluding hydrogens is 286 g/mol. The fourth-order valence-electron chi connectivity index (χ4n) is 1.40. The molecule has 1 aromatic rings. The van der Waals surface area contributed by atoms with Crippen LogP contribution in [0.25, 0.3) is 0 Å². The lowest BCUT2D eigenvalue weighted by Gasteiger charge is -2.23. The van der Waals surface area contributed by atoms with E-state index in [2.05, 4.69) is 9.71 Å². The lowest BCUT2D eigenvalue weighted by molar-refractivity contribution is -0.389. The van der Waals surface area contributed by atoms with Crippen LogP contribution in [0, 0.1) is 15.5 Å². The highest BCUT2D eigenvalue weighted by molar-refractivity contribution is 7.89. The van der Waals surface area contributed by atoms with Crippen LogP contribution in [0.15, 0.2) is 23.2 Å². The summed E-state index contributed by atoms with van der Waals surface area (Å²) >= 11 is 0. The fourth-order valence-corrected chi connectivity index (χ4v) is 2.59. The number of hydrogen-bond donors (Lipinski definition) is 2. The monoisotopic (exact) mass is 303 g/mol. The van der Waals surface area contributed by atoms with Crippen LogP contribution in [0.3, 0.4) is 0 Å². The third-order valence-electron chi connectivity index (χ3n) is 2.75. The van der Waals surface area contributed by atoms with Crippen molar-refractivity contribution in [3.8, 4) is 0 Å². The summed E-state index contributed by atoms with van der Waals surface area (Å²) in [4.78, 5) is 13.1. The van der Waals surface area contributed by atoms with Gasteiger partial charge in [0.25, 0.3) is 0 Å². The number of hydrogen-bond acceptors (Lipinski definition) is 6. The van der Waals surface area contributed by atoms with Gasteiger partial charge < -0.3 is 15.2 Å². The van der Waals surface area contributed by atoms with Gasteiger partial charge >= 0.3 is 5.82 Å². The van der Waals surface area contributed by atoms with Crippen molar-refractivity contribution in [3.05, 3.63) is 28.4 Å². The van der Waals surface area contributed by atoms with Crippen LogP contribution in [-0.2, 0) is 10.0 Å². The molecule has 0 aliphatic carbocycles. The Balaban J connectivity index is 2.81. The van der Waals surface area contributed by atoms with Gasteiger partial charge in [-0.3, -0.25) is 0 Å². The Hall–Kier alpha value is -1.58. The van der Waals surface area contributed by atoms with Gasteiger partial charge in [-0.25, -0.2) is 13.1 Å². The molecule has 0 atom stereocenters. The van der Waals surface area contributed by atoms with E-state index in [1.165, 1.54) is 0 Å². The van der Waals surface area contributed by atoms with Crippen molar-refractivity contribution in [2.24, 2.45) is 5.41 Å². The average Bonchev–Trinajstić information content (AvgIpc) is 2.37. The van der Waals surface area contributed by atoms with E-state index in [0.717, 1.165) is 18.3 Å². The van der Waals surface area contributed by atoms with Crippen molar-refractivity contribution in [1.29, 1.82) is 0 Å². The molecule has 0 fully saturated rings. The van der Waals surface area contributed by atoms with Gasteiger partial charge in [0.1, 0.15) is 4.90 Å². The average molecular weight is 303 g/mol. The first kappa shape index (κ1) is 16.5. The number of aliphatic hydroxyl groups is 1. The zero-order valence-corrected chi connectivity index (χ0v) is 12.1. The molecule has 0 spiro atoms. The maximum absolute atomic E-state index is 12.0. The smallest absolute Gasteiger partial charge is 0.363 e. The molecule has 0 bridgehead atoms. The summed E-state index contributed by atoms with van der Waals surface area (Å²) in [5.41, 5.74) is -0.393. The van der Waals surface area contributed by atoms with Gasteiger partial charge in [-0.2, -0.15) is 0 Å². The number of nitrogens with zero attached hydrogens (tertiary/aromatic N) is 2. The molecule has 112 valence electrons. The first-order valence-electron chi connectivity index (χ1n) is 5.89. The van der Waals surface area contributed by atoms with Crippen molar-refractivity contribution >= 4 is 15.8 Å². The van der Waals surface area contributed by atoms with Gasteiger partial charge in [-0.1, -0.05) is 13.8 Å². The highest BCUT2D eigenvalue weighted by atomic mass is 32.2. The molecule has 0 aliphatic rings. The second-order valence-corrected chi connectivity index (χ2v) is 6.84. The molecular formula is C11H17N3O5S. The quantitative estimate of drug-likeness (QED) is 0.564. The molecule has 0 aliphatic heterocycles. The van der Waals surface area contributed by atoms with E-state index in [0.29, 0.717) is 6.42 Å². The fraction of sp³-hybridized carbons (Fsp3) is 0.545. The molecule has 0 saturated heterocycles. The van der Waals surface area contributed by atoms with E-state index in [-0.39, 0.29) is 18.0 Å². The van der Waals surface area contributed by atoms with E-state index in [9.17, 15) is 18.5 Å². The van der Waals surface area contributed by atoms with Crippen LogP contribution >= 0.6 is 0 Å². The molecule has 9 heteroatoms. The van der Waals surface area contributed by atoms with Gasteiger partial charge in [0.05, 0.1) is 0 Å². The van der Waals surface area contributed by atoms with Crippen LogP contribution in [0.4, 0.5) is 5.82 Å². The third-order valence-corrected chi connectivity index (χ3v) is 4.13. The van der Waals surface area contributed by atoms with Gasteiger partial charge in [0, 0.05) is 19.2 Å². The summed E-state index contributed by atoms with van der Waals surface area (Å²) in [6.45, 7) is 3.75. The largest absolute Gasteiger partial charge is 0.396 e. The molecule has 0 saturated carbocycles. The highest BCUT2D eigenvalue weighted by Gasteiger charge is 2.23. The zero-order chi connectivity index (χ0) is 15.4. The number of pyridine rings is 1. The molecule has 0 unspecified atom stereocenters. The van der Waals surface area contributed by atoms with E-state index < -0.39 is 26.2 Å². The zero-order valence-electron chi connectivity index (χ0n) is 11.2. The Kier molecular flexibility index (Phi) is 5.15. The van der Waals surface area contributed by atoms with Crippen LogP contribution in [-0.4, -0.2) is 36.6 Å². The van der Waals surface area contributed by atoms with Crippen LogP contribution in [0.1, 0.15) is 20.3 Å². The first-order valence-corrected chi connectivity index (χ1v) is 7.37. The topological polar surface area (TPSA) is 122 Å². The Morgan fingerprint density at radius 3 is 2.55 bits per heavy atom. The first-order chi connectivity index (χ1) is 9.18. The van der Waals surface area contributed by atoms with Gasteiger partial charge in [-0.05, 0) is 27.8 Å². The Morgan fingerprint density at radius 2 is 2.10 bits per heavy atom. The minimum Gasteiger partial charge on any atom is -0.396 e. The molecule has 1 aromatic heterocycles. The van der Waals surface area contributed by atoms with Crippen molar-refractivity contribution in [3.63, 3.8) is 0 Å². The van der Waals surface area contributed by atoms with E-state index >= 15 is 0 Å². The second kappa shape index (κ2) is 6.25. The predicted molar refractivity (Wildman–Crippen MR) is 71.6 cm³/mol. The van der Waals surface area contributed by atoms with Crippen LogP contribution < -0.4 is 4.72 Å². The number of nitro groups is 1. The van der Waals surface area contributed by atoms with E-state index in [4.69, 9.17) is 5.11 Å². The van der Waals surface area contributed by atoms with Crippen molar-refractivity contribution in [1.82, 2.24) is 9.71 Å². The van der Waals surface area contributed by atoms with Gasteiger partial charge in [0.2, 0.25) is 10.0 Å². The number of rotatable bonds is 7. The number of aromatic nitrogens is 1. The van der Waals surface area contributed by atoms with Crippen molar-refractivity contribution in [2.45, 2.75) is 25.2 Å². The summed E-state index contributed by atoms with van der Waals surface area (Å²) in [6, 6.07) is 2.17. The van der Waals surface area contributed by atoms with Crippen molar-refractivity contribution in [2.75, 3.05) is 13.2 Å². The SMILES string of the molecule is CC(C)(CCO)CNS(=O)(=O)c1ccc([N+](=O)[O-])nc1. The Labute approximate surface area is 117 Å². The molecule has 1 heterocycles. The second-order valence-electron chi connectivity index (χ2n) is 5.07. The number of sulfonamides is 1. The molecule has 0 aromatic carbocycles. The maximum atomic E-state index is 12.0. The number of aliphatic hydroxyl groups excluding tert-OH is 1. The highest BCUT2D eigenvalue weighted by Crippen LogP contribution is 2.19. The van der Waals surface area contributed by atoms with Crippen LogP contribution in [0.5, 0.6) is 0 Å². The standard InChI is InChI=1S/C11H17N3O5S/c1-11(2,5-6-15)8-13-20(18,19)9-3-4-10(12-7-9)14(16)17/h3-4,7,13,15H,5-6,8H2,1-2H3. The molecule has 8 nitrogen and oxygen atoms in total. The van der Waals surface area contributed by atoms with E-state index in [1.807, 2.05) is 13.8 Å². The summed E-state index contributed by atoms with van der Waals surface area (Å²) in [6.07, 6.45) is 1.40. The number of nitrogens with one attached hydrogen (secondary N) is 1. The molecule has 1 rings (SSSR count). The lowest BCUT2D eigenvalue weighted by Crippen LogP contribution is -2.34.